The Morgan fingerprint density at radius 3 is 2.38 bits per heavy atom. The molecule has 0 aliphatic heterocycles. The van der Waals surface area contributed by atoms with Crippen LogP contribution in [-0.2, 0) is 21.1 Å². The van der Waals surface area contributed by atoms with Gasteiger partial charge in [-0.05, 0) is 13.8 Å². The van der Waals surface area contributed by atoms with Gasteiger partial charge in [-0.15, -0.1) is 0 Å². The number of aryl methyl sites for hydroxylation is 1. The zero-order chi connectivity index (χ0) is 12.6. The molecule has 7 heteroatoms. The van der Waals surface area contributed by atoms with Crippen LogP contribution in [0.25, 0.3) is 6.20 Å². The van der Waals surface area contributed by atoms with Gasteiger partial charge in [-0.25, -0.2) is 17.6 Å². The first-order valence-corrected chi connectivity index (χ1v) is 6.05. The van der Waals surface area contributed by atoms with Gasteiger partial charge in [-0.2, -0.15) is 0 Å². The molecule has 1 rings (SSSR count). The predicted octanol–water partition coefficient (Wildman–Crippen LogP) is 0.379. The molecule has 0 unspecified atom stereocenters. The fraction of sp³-hybridized carbons (Fsp3) is 0.444. The normalized spacial score (nSPS) is 10.4. The molecule has 0 saturated carbocycles. The van der Waals surface area contributed by atoms with E-state index in [9.17, 15) is 13.0 Å². The first kappa shape index (κ1) is 14.8. The summed E-state index contributed by atoms with van der Waals surface area (Å²) in [5.74, 6) is 0. The molecule has 0 atom stereocenters. The van der Waals surface area contributed by atoms with Crippen molar-refractivity contribution in [2.45, 2.75) is 20.4 Å². The molecule has 92 valence electrons. The highest BCUT2D eigenvalue weighted by Gasteiger charge is 1.94. The lowest BCUT2D eigenvalue weighted by Gasteiger charge is -2.02. The van der Waals surface area contributed by atoms with Crippen LogP contribution >= 0.6 is 0 Å². The molecule has 0 aliphatic carbocycles. The number of imidazole rings is 1. The van der Waals surface area contributed by atoms with E-state index in [1.165, 1.54) is 6.92 Å². The molecule has 0 fully saturated rings. The SMILES string of the molecule is C=Cn1cc[n+](CC)c1.CCOS(=O)(=O)[O-]. The van der Waals surface area contributed by atoms with Crippen LogP contribution in [-0.4, -0.2) is 24.1 Å². The zero-order valence-electron chi connectivity index (χ0n) is 9.37. The van der Waals surface area contributed by atoms with Gasteiger partial charge in [0, 0.05) is 0 Å². The van der Waals surface area contributed by atoms with Crippen molar-refractivity contribution in [1.29, 1.82) is 0 Å². The molecule has 16 heavy (non-hydrogen) atoms. The van der Waals surface area contributed by atoms with Crippen molar-refractivity contribution in [2.75, 3.05) is 6.61 Å². The lowest BCUT2D eigenvalue weighted by atomic mass is 10.7. The molecule has 6 nitrogen and oxygen atoms in total. The Labute approximate surface area is 95.7 Å². The highest BCUT2D eigenvalue weighted by atomic mass is 32.3. The molecule has 0 saturated heterocycles. The first-order valence-electron chi connectivity index (χ1n) is 4.72. The molecule has 0 bridgehead atoms. The molecule has 1 heterocycles. The minimum Gasteiger partial charge on any atom is -0.726 e. The van der Waals surface area contributed by atoms with Crippen LogP contribution in [0, 0.1) is 0 Å². The molecule has 1 aromatic heterocycles. The van der Waals surface area contributed by atoms with Gasteiger partial charge in [-0.1, -0.05) is 6.58 Å². The van der Waals surface area contributed by atoms with E-state index in [1.54, 1.807) is 6.20 Å². The third kappa shape index (κ3) is 7.16. The summed E-state index contributed by atoms with van der Waals surface area (Å²) in [6, 6.07) is 0. The second-order valence-corrected chi connectivity index (χ2v) is 3.74. The van der Waals surface area contributed by atoms with Gasteiger partial charge < -0.3 is 4.55 Å². The molecule has 0 radical (unpaired) electrons. The van der Waals surface area contributed by atoms with E-state index < -0.39 is 10.4 Å². The Morgan fingerprint density at radius 2 is 2.19 bits per heavy atom. The highest BCUT2D eigenvalue weighted by Crippen LogP contribution is 1.81. The second-order valence-electron chi connectivity index (χ2n) is 2.69. The fourth-order valence-corrected chi connectivity index (χ4v) is 1.14. The molecule has 0 aromatic carbocycles. The van der Waals surface area contributed by atoms with Crippen LogP contribution in [0.3, 0.4) is 0 Å². The fourth-order valence-electron chi connectivity index (χ4n) is 0.850. The minimum absolute atomic E-state index is 0.0914. The quantitative estimate of drug-likeness (QED) is 0.438. The Balaban J connectivity index is 0.000000293. The zero-order valence-corrected chi connectivity index (χ0v) is 10.2. The van der Waals surface area contributed by atoms with E-state index in [1.807, 2.05) is 23.3 Å². The van der Waals surface area contributed by atoms with Crippen LogP contribution in [0.4, 0.5) is 0 Å². The van der Waals surface area contributed by atoms with E-state index in [4.69, 9.17) is 0 Å². The average Bonchev–Trinajstić information content (AvgIpc) is 2.64. The van der Waals surface area contributed by atoms with Crippen LogP contribution in [0.1, 0.15) is 13.8 Å². The third-order valence-electron chi connectivity index (χ3n) is 1.55. The van der Waals surface area contributed by atoms with Crippen molar-refractivity contribution in [3.05, 3.63) is 25.3 Å². The number of hydrogen-bond donors (Lipinski definition) is 0. The number of hydrogen-bond acceptors (Lipinski definition) is 4. The summed E-state index contributed by atoms with van der Waals surface area (Å²) < 4.78 is 36.0. The monoisotopic (exact) mass is 248 g/mol. The van der Waals surface area contributed by atoms with Gasteiger partial charge >= 0.3 is 0 Å². The molecule has 1 aromatic rings. The summed E-state index contributed by atoms with van der Waals surface area (Å²) in [4.78, 5) is 0. The van der Waals surface area contributed by atoms with Crippen molar-refractivity contribution >= 4 is 16.6 Å². The number of rotatable bonds is 4. The summed E-state index contributed by atoms with van der Waals surface area (Å²) >= 11 is 0. The Hall–Kier alpha value is -1.18. The van der Waals surface area contributed by atoms with E-state index in [-0.39, 0.29) is 6.61 Å². The highest BCUT2D eigenvalue weighted by molar-refractivity contribution is 7.80. The van der Waals surface area contributed by atoms with Crippen molar-refractivity contribution in [2.24, 2.45) is 0 Å². The molecule has 0 aliphatic rings. The molecule has 0 N–H and O–H groups in total. The smallest absolute Gasteiger partial charge is 0.248 e. The predicted molar refractivity (Wildman–Crippen MR) is 58.0 cm³/mol. The Kier molecular flexibility index (Phi) is 6.63. The summed E-state index contributed by atoms with van der Waals surface area (Å²) in [7, 11) is -4.42. The summed E-state index contributed by atoms with van der Waals surface area (Å²) in [5.41, 5.74) is 0. The number of aromatic nitrogens is 2. The maximum Gasteiger partial charge on any atom is 0.248 e. The molecular formula is C9H16N2O4S. The molecular weight excluding hydrogens is 232 g/mol. The Morgan fingerprint density at radius 1 is 1.56 bits per heavy atom. The summed E-state index contributed by atoms with van der Waals surface area (Å²) in [5, 5.41) is 0. The van der Waals surface area contributed by atoms with Gasteiger partial charge in [0.25, 0.3) is 0 Å². The van der Waals surface area contributed by atoms with Gasteiger partial charge in [0.1, 0.15) is 12.4 Å². The van der Waals surface area contributed by atoms with E-state index >= 15 is 0 Å². The maximum atomic E-state index is 9.45. The third-order valence-corrected chi connectivity index (χ3v) is 2.07. The van der Waals surface area contributed by atoms with Gasteiger partial charge in [0.2, 0.25) is 16.7 Å². The second kappa shape index (κ2) is 7.15. The van der Waals surface area contributed by atoms with Crippen LogP contribution < -0.4 is 4.57 Å². The van der Waals surface area contributed by atoms with Crippen molar-refractivity contribution < 1.29 is 21.7 Å². The average molecular weight is 248 g/mol. The summed E-state index contributed by atoms with van der Waals surface area (Å²) in [6.45, 7) is 8.08. The topological polar surface area (TPSA) is 75.2 Å². The molecule has 0 amide bonds. The Bertz CT molecular complexity index is 411. The van der Waals surface area contributed by atoms with Gasteiger partial charge in [0.15, 0.2) is 0 Å². The first-order chi connectivity index (χ1) is 7.42. The lowest BCUT2D eigenvalue weighted by molar-refractivity contribution is -0.692. The number of nitrogens with zero attached hydrogens (tertiary/aromatic N) is 2. The largest absolute Gasteiger partial charge is 0.726 e. The van der Waals surface area contributed by atoms with Crippen LogP contribution in [0.15, 0.2) is 25.3 Å². The van der Waals surface area contributed by atoms with Gasteiger partial charge in [-0.3, -0.25) is 4.18 Å². The maximum absolute atomic E-state index is 9.45. The van der Waals surface area contributed by atoms with Gasteiger partial charge in [0.05, 0.1) is 19.4 Å². The van der Waals surface area contributed by atoms with Crippen molar-refractivity contribution in [3.8, 4) is 0 Å². The van der Waals surface area contributed by atoms with E-state index in [0.717, 1.165) is 6.54 Å². The van der Waals surface area contributed by atoms with Crippen molar-refractivity contribution in [3.63, 3.8) is 0 Å². The van der Waals surface area contributed by atoms with Crippen LogP contribution in [0.2, 0.25) is 0 Å². The standard InChI is InChI=1S/C7H11N2.C2H6O4S/c1-3-8-5-6-9(4-2)7-8;1-2-6-7(3,4)5/h3,5-7H,1,4H2,2H3;2H2,1H3,(H,3,4,5)/q+1;/p-1. The lowest BCUT2D eigenvalue weighted by Crippen LogP contribution is -2.28. The summed E-state index contributed by atoms with van der Waals surface area (Å²) in [6.07, 6.45) is 7.75. The van der Waals surface area contributed by atoms with Crippen molar-refractivity contribution in [1.82, 2.24) is 4.57 Å². The molecule has 0 spiro atoms. The van der Waals surface area contributed by atoms with E-state index in [2.05, 4.69) is 22.3 Å². The van der Waals surface area contributed by atoms with Crippen LogP contribution in [0.5, 0.6) is 0 Å². The van der Waals surface area contributed by atoms with E-state index in [0.29, 0.717) is 0 Å². The minimum atomic E-state index is -4.42.